The maximum Gasteiger partial charge on any atom is 0.307 e. The first-order valence-electron chi connectivity index (χ1n) is 8.26. The standard InChI is InChI=1S/C20H18N2O3S/c1-22-15(11-14-4-2-3-5-17(14)22)12-25-16-8-6-13(7-9-16)10-18-19(23)21-20(24)26-18/h2-9,11,23H,10,12H2,1H3,(H,21,24). The Balaban J connectivity index is 1.44. The predicted molar refractivity (Wildman–Crippen MR) is 103 cm³/mol. The molecule has 5 nitrogen and oxygen atoms in total. The van der Waals surface area contributed by atoms with E-state index < -0.39 is 0 Å². The number of nitrogens with one attached hydrogen (secondary N) is 1. The second-order valence-corrected chi connectivity index (χ2v) is 7.22. The molecule has 0 aliphatic rings. The van der Waals surface area contributed by atoms with Crippen LogP contribution in [0, 0.1) is 0 Å². The van der Waals surface area contributed by atoms with Crippen molar-refractivity contribution in [3.63, 3.8) is 0 Å². The van der Waals surface area contributed by atoms with Crippen LogP contribution in [0.1, 0.15) is 16.1 Å². The van der Waals surface area contributed by atoms with Crippen LogP contribution in [-0.4, -0.2) is 14.7 Å². The van der Waals surface area contributed by atoms with Crippen molar-refractivity contribution in [3.05, 3.63) is 80.4 Å². The smallest absolute Gasteiger partial charge is 0.307 e. The molecule has 0 radical (unpaired) electrons. The van der Waals surface area contributed by atoms with Crippen molar-refractivity contribution >= 4 is 22.2 Å². The first-order chi connectivity index (χ1) is 12.6. The van der Waals surface area contributed by atoms with Crippen molar-refractivity contribution < 1.29 is 9.84 Å². The Hall–Kier alpha value is -2.99. The highest BCUT2D eigenvalue weighted by molar-refractivity contribution is 7.09. The lowest BCUT2D eigenvalue weighted by molar-refractivity contribution is 0.297. The Morgan fingerprint density at radius 3 is 2.62 bits per heavy atom. The number of nitrogens with zero attached hydrogens (tertiary/aromatic N) is 1. The molecular weight excluding hydrogens is 348 g/mol. The largest absolute Gasteiger partial charge is 0.494 e. The van der Waals surface area contributed by atoms with Crippen LogP contribution in [0.15, 0.2) is 59.4 Å². The molecule has 0 atom stereocenters. The summed E-state index contributed by atoms with van der Waals surface area (Å²) in [5.74, 6) is 0.738. The Morgan fingerprint density at radius 1 is 1.15 bits per heavy atom. The number of hydrogen-bond acceptors (Lipinski definition) is 4. The molecular formula is C20H18N2O3S. The molecule has 132 valence electrons. The van der Waals surface area contributed by atoms with E-state index in [1.54, 1.807) is 0 Å². The number of benzene rings is 2. The van der Waals surface area contributed by atoms with Gasteiger partial charge in [0, 0.05) is 19.0 Å². The van der Waals surface area contributed by atoms with E-state index >= 15 is 0 Å². The molecule has 0 amide bonds. The summed E-state index contributed by atoms with van der Waals surface area (Å²) in [6, 6.07) is 18.1. The topological polar surface area (TPSA) is 67.2 Å². The lowest BCUT2D eigenvalue weighted by atomic mass is 10.1. The molecule has 2 aromatic heterocycles. The highest BCUT2D eigenvalue weighted by atomic mass is 32.1. The molecule has 0 aliphatic carbocycles. The molecule has 2 aromatic carbocycles. The van der Waals surface area contributed by atoms with E-state index in [1.807, 2.05) is 43.4 Å². The molecule has 0 bridgehead atoms. The summed E-state index contributed by atoms with van der Waals surface area (Å²) in [5, 5.41) is 10.9. The average molecular weight is 366 g/mol. The quantitative estimate of drug-likeness (QED) is 0.564. The van der Waals surface area contributed by atoms with Crippen LogP contribution in [-0.2, 0) is 20.1 Å². The Bertz CT molecular complexity index is 1110. The number of aromatic nitrogens is 2. The summed E-state index contributed by atoms with van der Waals surface area (Å²) in [6.45, 7) is 0.491. The van der Waals surface area contributed by atoms with Crippen LogP contribution in [0.4, 0.5) is 0 Å². The van der Waals surface area contributed by atoms with Gasteiger partial charge in [0.1, 0.15) is 12.4 Å². The molecule has 2 N–H and O–H groups in total. The summed E-state index contributed by atoms with van der Waals surface area (Å²) in [4.78, 5) is 14.0. The van der Waals surface area contributed by atoms with E-state index in [4.69, 9.17) is 4.74 Å². The number of thiazole rings is 1. The molecule has 0 unspecified atom stereocenters. The summed E-state index contributed by atoms with van der Waals surface area (Å²) in [6.07, 6.45) is 0.513. The van der Waals surface area contributed by atoms with E-state index in [1.165, 1.54) is 10.9 Å². The Labute approximate surface area is 154 Å². The molecule has 0 fully saturated rings. The molecule has 0 saturated carbocycles. The highest BCUT2D eigenvalue weighted by Gasteiger charge is 2.08. The number of hydrogen-bond donors (Lipinski definition) is 2. The number of fused-ring (bicyclic) bond motifs is 1. The summed E-state index contributed by atoms with van der Waals surface area (Å²) < 4.78 is 8.05. The van der Waals surface area contributed by atoms with Gasteiger partial charge < -0.3 is 14.4 Å². The summed E-state index contributed by atoms with van der Waals surface area (Å²) in [7, 11) is 2.04. The lowest BCUT2D eigenvalue weighted by Gasteiger charge is -2.08. The van der Waals surface area contributed by atoms with Crippen LogP contribution in [0.25, 0.3) is 10.9 Å². The predicted octanol–water partition coefficient (Wildman–Crippen LogP) is 3.80. The van der Waals surface area contributed by atoms with Crippen LogP contribution in [0.2, 0.25) is 0 Å². The fraction of sp³-hybridized carbons (Fsp3) is 0.150. The van der Waals surface area contributed by atoms with Crippen LogP contribution in [0.5, 0.6) is 11.6 Å². The van der Waals surface area contributed by atoms with Crippen molar-refractivity contribution in [2.24, 2.45) is 7.05 Å². The molecule has 0 saturated heterocycles. The number of rotatable bonds is 5. The number of aromatic hydroxyl groups is 1. The van der Waals surface area contributed by atoms with Gasteiger partial charge in [0.2, 0.25) is 5.88 Å². The van der Waals surface area contributed by atoms with E-state index in [0.29, 0.717) is 17.9 Å². The number of aromatic amines is 1. The number of aryl methyl sites for hydroxylation is 1. The number of para-hydroxylation sites is 1. The fourth-order valence-electron chi connectivity index (χ4n) is 3.00. The maximum atomic E-state index is 11.2. The number of ether oxygens (including phenoxy) is 1. The van der Waals surface area contributed by atoms with Crippen molar-refractivity contribution in [1.29, 1.82) is 0 Å². The third kappa shape index (κ3) is 3.23. The second-order valence-electron chi connectivity index (χ2n) is 6.15. The molecule has 4 rings (SSSR count). The molecule has 26 heavy (non-hydrogen) atoms. The van der Waals surface area contributed by atoms with Crippen LogP contribution < -0.4 is 9.61 Å². The van der Waals surface area contributed by atoms with Gasteiger partial charge >= 0.3 is 4.87 Å². The zero-order chi connectivity index (χ0) is 18.1. The zero-order valence-electron chi connectivity index (χ0n) is 14.2. The van der Waals surface area contributed by atoms with Gasteiger partial charge in [-0.15, -0.1) is 0 Å². The van der Waals surface area contributed by atoms with Crippen LogP contribution in [0.3, 0.4) is 0 Å². The van der Waals surface area contributed by atoms with Gasteiger partial charge in [-0.3, -0.25) is 9.78 Å². The van der Waals surface area contributed by atoms with Gasteiger partial charge in [-0.25, -0.2) is 0 Å². The minimum Gasteiger partial charge on any atom is -0.494 e. The minimum atomic E-state index is -0.243. The Kier molecular flexibility index (Phi) is 4.26. The van der Waals surface area contributed by atoms with Gasteiger partial charge in [0.05, 0.1) is 10.6 Å². The molecule has 2 heterocycles. The third-order valence-corrected chi connectivity index (χ3v) is 5.30. The fourth-order valence-corrected chi connectivity index (χ4v) is 3.76. The second kappa shape index (κ2) is 6.72. The van der Waals surface area contributed by atoms with Gasteiger partial charge in [0.25, 0.3) is 0 Å². The van der Waals surface area contributed by atoms with Gasteiger partial charge in [-0.1, -0.05) is 41.7 Å². The molecule has 4 aromatic rings. The monoisotopic (exact) mass is 366 g/mol. The van der Waals surface area contributed by atoms with Crippen molar-refractivity contribution in [2.45, 2.75) is 13.0 Å². The van der Waals surface area contributed by atoms with Crippen molar-refractivity contribution in [3.8, 4) is 11.6 Å². The zero-order valence-corrected chi connectivity index (χ0v) is 15.0. The van der Waals surface area contributed by atoms with Crippen molar-refractivity contribution in [1.82, 2.24) is 9.55 Å². The van der Waals surface area contributed by atoms with Gasteiger partial charge in [0.15, 0.2) is 0 Å². The highest BCUT2D eigenvalue weighted by Crippen LogP contribution is 2.23. The van der Waals surface area contributed by atoms with E-state index in [2.05, 4.69) is 27.8 Å². The average Bonchev–Trinajstić information content (AvgIpc) is 3.13. The summed E-state index contributed by atoms with van der Waals surface area (Å²) >= 11 is 1.03. The van der Waals surface area contributed by atoms with E-state index in [0.717, 1.165) is 28.3 Å². The molecule has 0 spiro atoms. The SMILES string of the molecule is Cn1c(COc2ccc(Cc3sc(=O)[nH]c3O)cc2)cc2ccccc21. The first kappa shape index (κ1) is 16.5. The maximum absolute atomic E-state index is 11.2. The van der Waals surface area contributed by atoms with Gasteiger partial charge in [-0.05, 0) is 35.2 Å². The summed E-state index contributed by atoms with van der Waals surface area (Å²) in [5.41, 5.74) is 3.30. The number of H-pyrrole nitrogens is 1. The van der Waals surface area contributed by atoms with Gasteiger partial charge in [-0.2, -0.15) is 0 Å². The van der Waals surface area contributed by atoms with E-state index in [9.17, 15) is 9.90 Å². The molecule has 6 heteroatoms. The van der Waals surface area contributed by atoms with Crippen molar-refractivity contribution in [2.75, 3.05) is 0 Å². The lowest BCUT2D eigenvalue weighted by Crippen LogP contribution is -2.01. The van der Waals surface area contributed by atoms with E-state index in [-0.39, 0.29) is 10.8 Å². The first-order valence-corrected chi connectivity index (χ1v) is 9.08. The Morgan fingerprint density at radius 2 is 1.92 bits per heavy atom. The molecule has 0 aliphatic heterocycles. The third-order valence-electron chi connectivity index (χ3n) is 4.43. The minimum absolute atomic E-state index is 0.0453. The van der Waals surface area contributed by atoms with Crippen LogP contribution >= 0.6 is 11.3 Å². The normalized spacial score (nSPS) is 11.1.